The van der Waals surface area contributed by atoms with Crippen LogP contribution in [-0.4, -0.2) is 48.6 Å². The Kier molecular flexibility index (Phi) is 5.48. The second-order valence-corrected chi connectivity index (χ2v) is 8.29. The molecule has 2 unspecified atom stereocenters. The van der Waals surface area contributed by atoms with Gasteiger partial charge in [0.15, 0.2) is 6.29 Å². The Morgan fingerprint density at radius 2 is 2.21 bits per heavy atom. The zero-order chi connectivity index (χ0) is 20.5. The van der Waals surface area contributed by atoms with E-state index in [1.165, 1.54) is 12.1 Å². The van der Waals surface area contributed by atoms with Gasteiger partial charge in [-0.15, -0.1) is 0 Å². The molecule has 2 fully saturated rings. The second kappa shape index (κ2) is 7.54. The molecule has 28 heavy (non-hydrogen) atoms. The van der Waals surface area contributed by atoms with E-state index < -0.39 is 23.1 Å². The van der Waals surface area contributed by atoms with Gasteiger partial charge in [0, 0.05) is 19.1 Å². The molecule has 0 spiro atoms. The molecule has 0 saturated carbocycles. The topological polar surface area (TPSA) is 67.9 Å². The highest BCUT2D eigenvalue weighted by atomic mass is 19.1. The number of hydrogen-bond acceptors (Lipinski definition) is 5. The van der Waals surface area contributed by atoms with Gasteiger partial charge in [-0.25, -0.2) is 9.18 Å². The molecular formula is C21H27FN2O4. The summed E-state index contributed by atoms with van der Waals surface area (Å²) < 4.78 is 25.9. The zero-order valence-electron chi connectivity index (χ0n) is 16.6. The summed E-state index contributed by atoms with van der Waals surface area (Å²) in [5.74, 6) is -0.517. The normalized spacial score (nSPS) is 24.0. The third-order valence-electron chi connectivity index (χ3n) is 5.21. The smallest absolute Gasteiger partial charge is 0.411 e. The molecule has 152 valence electrons. The van der Waals surface area contributed by atoms with Gasteiger partial charge in [0.05, 0.1) is 11.1 Å². The van der Waals surface area contributed by atoms with Crippen LogP contribution in [-0.2, 0) is 10.3 Å². The van der Waals surface area contributed by atoms with Gasteiger partial charge in [-0.1, -0.05) is 12.7 Å². The minimum absolute atomic E-state index is 0.0325. The van der Waals surface area contributed by atoms with Crippen molar-refractivity contribution in [1.29, 1.82) is 0 Å². The molecule has 2 aliphatic rings. The van der Waals surface area contributed by atoms with E-state index in [9.17, 15) is 14.0 Å². The summed E-state index contributed by atoms with van der Waals surface area (Å²) >= 11 is 0. The van der Waals surface area contributed by atoms with Gasteiger partial charge < -0.3 is 14.8 Å². The molecule has 2 atom stereocenters. The highest BCUT2D eigenvalue weighted by molar-refractivity contribution is 5.80. The van der Waals surface area contributed by atoms with Crippen molar-refractivity contribution in [2.75, 3.05) is 19.7 Å². The van der Waals surface area contributed by atoms with Crippen LogP contribution in [0.5, 0.6) is 5.75 Å². The highest BCUT2D eigenvalue weighted by Crippen LogP contribution is 2.46. The zero-order valence-corrected chi connectivity index (χ0v) is 16.6. The third-order valence-corrected chi connectivity index (χ3v) is 5.21. The molecule has 2 aliphatic heterocycles. The van der Waals surface area contributed by atoms with E-state index in [0.29, 0.717) is 31.4 Å². The number of carbonyl (C=O) groups is 2. The van der Waals surface area contributed by atoms with Crippen molar-refractivity contribution in [1.82, 2.24) is 10.2 Å². The van der Waals surface area contributed by atoms with Crippen LogP contribution < -0.4 is 10.1 Å². The van der Waals surface area contributed by atoms with Crippen molar-refractivity contribution < 1.29 is 23.5 Å². The number of benzene rings is 1. The van der Waals surface area contributed by atoms with E-state index in [-0.39, 0.29) is 24.0 Å². The lowest BCUT2D eigenvalue weighted by Crippen LogP contribution is -2.61. The molecule has 3 rings (SSSR count). The van der Waals surface area contributed by atoms with Gasteiger partial charge in [0.2, 0.25) is 0 Å². The second-order valence-electron chi connectivity index (χ2n) is 8.29. The maximum Gasteiger partial charge on any atom is 0.411 e. The first-order valence-electron chi connectivity index (χ1n) is 9.48. The van der Waals surface area contributed by atoms with E-state index in [1.54, 1.807) is 11.0 Å². The number of fused-ring (bicyclic) bond motifs is 2. The van der Waals surface area contributed by atoms with E-state index in [4.69, 9.17) is 9.47 Å². The van der Waals surface area contributed by atoms with Crippen LogP contribution in [0.3, 0.4) is 0 Å². The minimum atomic E-state index is -0.750. The summed E-state index contributed by atoms with van der Waals surface area (Å²) in [4.78, 5) is 26.1. The number of rotatable bonds is 5. The van der Waals surface area contributed by atoms with Gasteiger partial charge in [0.25, 0.3) is 0 Å². The van der Waals surface area contributed by atoms with Crippen molar-refractivity contribution in [2.45, 2.75) is 50.8 Å². The Labute approximate surface area is 164 Å². The van der Waals surface area contributed by atoms with Crippen LogP contribution in [0.4, 0.5) is 9.18 Å². The maximum absolute atomic E-state index is 14.7. The number of piperazine rings is 1. The average molecular weight is 390 g/mol. The van der Waals surface area contributed by atoms with E-state index in [0.717, 1.165) is 6.42 Å². The SMILES string of the molecule is C=CCOc1cc(C23CCC(CNC2)N3C(=O)OC(C)(C)C)cc(F)c1C=O. The lowest BCUT2D eigenvalue weighted by Gasteiger charge is -2.45. The predicted molar refractivity (Wildman–Crippen MR) is 103 cm³/mol. The van der Waals surface area contributed by atoms with Crippen molar-refractivity contribution in [2.24, 2.45) is 0 Å². The number of nitrogens with zero attached hydrogens (tertiary/aromatic N) is 1. The van der Waals surface area contributed by atoms with Crippen LogP contribution in [0, 0.1) is 5.82 Å². The quantitative estimate of drug-likeness (QED) is 0.617. The molecular weight excluding hydrogens is 363 g/mol. The standard InChI is InChI=1S/C21H27FN2O4/c1-5-8-27-18-10-14(9-17(22)16(18)12-25)21-7-6-15(11-23-13-21)24(21)19(26)28-20(2,3)4/h5,9-10,12,15,23H,1,6-8,11,13H2,2-4H3. The molecule has 1 N–H and O–H groups in total. The number of carbonyl (C=O) groups excluding carboxylic acids is 2. The summed E-state index contributed by atoms with van der Waals surface area (Å²) in [7, 11) is 0. The first-order valence-corrected chi connectivity index (χ1v) is 9.48. The molecule has 7 heteroatoms. The predicted octanol–water partition coefficient (Wildman–Crippen LogP) is 3.40. The number of aldehydes is 1. The Bertz CT molecular complexity index is 785. The van der Waals surface area contributed by atoms with Crippen molar-refractivity contribution in [3.63, 3.8) is 0 Å². The average Bonchev–Trinajstić information content (AvgIpc) is 2.85. The number of ether oxygens (including phenoxy) is 2. The summed E-state index contributed by atoms with van der Waals surface area (Å²) in [6.45, 7) is 10.3. The largest absolute Gasteiger partial charge is 0.489 e. The lowest BCUT2D eigenvalue weighted by atomic mass is 9.86. The van der Waals surface area contributed by atoms with Crippen molar-refractivity contribution >= 4 is 12.4 Å². The first kappa shape index (κ1) is 20.3. The van der Waals surface area contributed by atoms with Gasteiger partial charge in [-0.3, -0.25) is 9.69 Å². The van der Waals surface area contributed by atoms with Gasteiger partial charge >= 0.3 is 6.09 Å². The minimum Gasteiger partial charge on any atom is -0.489 e. The van der Waals surface area contributed by atoms with E-state index in [2.05, 4.69) is 11.9 Å². The van der Waals surface area contributed by atoms with E-state index in [1.807, 2.05) is 20.8 Å². The Hall–Kier alpha value is -2.41. The maximum atomic E-state index is 14.7. The lowest BCUT2D eigenvalue weighted by molar-refractivity contribution is -0.0116. The molecule has 0 aliphatic carbocycles. The van der Waals surface area contributed by atoms with Crippen LogP contribution >= 0.6 is 0 Å². The number of hydrogen-bond donors (Lipinski definition) is 1. The number of nitrogens with one attached hydrogen (secondary N) is 1. The summed E-state index contributed by atoms with van der Waals surface area (Å²) in [6.07, 6.45) is 3.01. The fraction of sp³-hybridized carbons (Fsp3) is 0.524. The molecule has 2 heterocycles. The van der Waals surface area contributed by atoms with Gasteiger partial charge in [-0.05, 0) is 51.3 Å². The van der Waals surface area contributed by atoms with Crippen LogP contribution in [0.25, 0.3) is 0 Å². The molecule has 6 nitrogen and oxygen atoms in total. The van der Waals surface area contributed by atoms with Crippen LogP contribution in [0.15, 0.2) is 24.8 Å². The fourth-order valence-electron chi connectivity index (χ4n) is 4.08. The van der Waals surface area contributed by atoms with Crippen LogP contribution in [0.1, 0.15) is 49.5 Å². The van der Waals surface area contributed by atoms with E-state index >= 15 is 0 Å². The van der Waals surface area contributed by atoms with Crippen LogP contribution in [0.2, 0.25) is 0 Å². The molecule has 1 amide bonds. The summed E-state index contributed by atoms with van der Waals surface area (Å²) in [5, 5.41) is 3.35. The van der Waals surface area contributed by atoms with Crippen molar-refractivity contribution in [3.8, 4) is 5.75 Å². The number of amides is 1. The molecule has 0 radical (unpaired) electrons. The molecule has 0 aromatic heterocycles. The Morgan fingerprint density at radius 1 is 1.46 bits per heavy atom. The Balaban J connectivity index is 2.06. The molecule has 2 bridgehead atoms. The fourth-order valence-corrected chi connectivity index (χ4v) is 4.08. The molecule has 1 aromatic carbocycles. The highest BCUT2D eigenvalue weighted by Gasteiger charge is 2.53. The molecule has 1 aromatic rings. The van der Waals surface area contributed by atoms with Gasteiger partial charge in [-0.2, -0.15) is 0 Å². The summed E-state index contributed by atoms with van der Waals surface area (Å²) in [6, 6.07) is 2.95. The van der Waals surface area contributed by atoms with Gasteiger partial charge in [0.1, 0.15) is 23.8 Å². The third kappa shape index (κ3) is 3.63. The molecule has 2 saturated heterocycles. The summed E-state index contributed by atoms with van der Waals surface area (Å²) in [5.41, 5.74) is -0.924. The first-order chi connectivity index (χ1) is 13.2. The number of halogens is 1. The monoisotopic (exact) mass is 390 g/mol. The Morgan fingerprint density at radius 3 is 2.86 bits per heavy atom. The van der Waals surface area contributed by atoms with Crippen molar-refractivity contribution in [3.05, 3.63) is 41.7 Å².